The molecule has 0 N–H and O–H groups in total. The first-order valence-corrected chi connectivity index (χ1v) is 8.19. The third kappa shape index (κ3) is 4.34. The monoisotopic (exact) mass is 331 g/mol. The highest BCUT2D eigenvalue weighted by molar-refractivity contribution is 5.96. The van der Waals surface area contributed by atoms with Gasteiger partial charge >= 0.3 is 0 Å². The number of likely N-dealkylation sites (N-methyl/N-ethyl adjacent to an activating group) is 1. The zero-order valence-corrected chi connectivity index (χ0v) is 14.6. The SMILES string of the molecule is CN(C)C(=O)C1CCCN(C(=O)CN(C)C(=O)c2ccccc2)C1. The van der Waals surface area contributed by atoms with Gasteiger partial charge in [0.1, 0.15) is 0 Å². The zero-order valence-electron chi connectivity index (χ0n) is 14.6. The first-order valence-electron chi connectivity index (χ1n) is 8.19. The van der Waals surface area contributed by atoms with E-state index in [2.05, 4.69) is 0 Å². The maximum Gasteiger partial charge on any atom is 0.254 e. The number of likely N-dealkylation sites (tertiary alicyclic amines) is 1. The van der Waals surface area contributed by atoms with Crippen molar-refractivity contribution in [2.24, 2.45) is 5.92 Å². The van der Waals surface area contributed by atoms with E-state index >= 15 is 0 Å². The fourth-order valence-corrected chi connectivity index (χ4v) is 2.95. The maximum absolute atomic E-state index is 12.5. The Morgan fingerprint density at radius 1 is 1.12 bits per heavy atom. The Balaban J connectivity index is 1.94. The molecule has 0 spiro atoms. The molecule has 0 radical (unpaired) electrons. The lowest BCUT2D eigenvalue weighted by Gasteiger charge is -2.34. The van der Waals surface area contributed by atoms with Crippen LogP contribution in [-0.4, -0.2) is 73.2 Å². The summed E-state index contributed by atoms with van der Waals surface area (Å²) in [5, 5.41) is 0. The standard InChI is InChI=1S/C18H25N3O3/c1-19(2)17(23)15-10-7-11-21(12-15)16(22)13-20(3)18(24)14-8-5-4-6-9-14/h4-6,8-9,15H,7,10-13H2,1-3H3. The van der Waals surface area contributed by atoms with Gasteiger partial charge in [0.2, 0.25) is 11.8 Å². The van der Waals surface area contributed by atoms with E-state index in [1.165, 1.54) is 4.90 Å². The molecular formula is C18H25N3O3. The highest BCUT2D eigenvalue weighted by Crippen LogP contribution is 2.18. The fraction of sp³-hybridized carbons (Fsp3) is 0.500. The van der Waals surface area contributed by atoms with Gasteiger partial charge in [0, 0.05) is 39.8 Å². The number of amides is 3. The number of rotatable bonds is 4. The normalized spacial score (nSPS) is 17.3. The molecule has 6 nitrogen and oxygen atoms in total. The van der Waals surface area contributed by atoms with Crippen molar-refractivity contribution in [3.8, 4) is 0 Å². The minimum absolute atomic E-state index is 0.0244. The second kappa shape index (κ2) is 7.95. The smallest absolute Gasteiger partial charge is 0.254 e. The molecule has 24 heavy (non-hydrogen) atoms. The van der Waals surface area contributed by atoms with E-state index in [9.17, 15) is 14.4 Å². The molecule has 1 saturated heterocycles. The Morgan fingerprint density at radius 2 is 1.79 bits per heavy atom. The molecule has 1 unspecified atom stereocenters. The summed E-state index contributed by atoms with van der Waals surface area (Å²) in [5.74, 6) is -0.381. The van der Waals surface area contributed by atoms with Crippen LogP contribution >= 0.6 is 0 Å². The number of nitrogens with zero attached hydrogens (tertiary/aromatic N) is 3. The molecule has 2 rings (SSSR count). The molecule has 130 valence electrons. The van der Waals surface area contributed by atoms with E-state index in [0.29, 0.717) is 18.7 Å². The van der Waals surface area contributed by atoms with Crippen LogP contribution in [-0.2, 0) is 9.59 Å². The molecule has 6 heteroatoms. The summed E-state index contributed by atoms with van der Waals surface area (Å²) in [6, 6.07) is 8.90. The largest absolute Gasteiger partial charge is 0.349 e. The van der Waals surface area contributed by atoms with Crippen LogP contribution in [0.5, 0.6) is 0 Å². The lowest BCUT2D eigenvalue weighted by Crippen LogP contribution is -2.48. The van der Waals surface area contributed by atoms with Gasteiger partial charge in [0.25, 0.3) is 5.91 Å². The Labute approximate surface area is 143 Å². The van der Waals surface area contributed by atoms with Gasteiger partial charge in [-0.25, -0.2) is 0 Å². The quantitative estimate of drug-likeness (QED) is 0.830. The molecule has 1 aliphatic heterocycles. The van der Waals surface area contributed by atoms with E-state index in [-0.39, 0.29) is 30.2 Å². The van der Waals surface area contributed by atoms with Gasteiger partial charge in [-0.05, 0) is 25.0 Å². The van der Waals surface area contributed by atoms with Crippen LogP contribution in [0, 0.1) is 5.92 Å². The molecular weight excluding hydrogens is 306 g/mol. The van der Waals surface area contributed by atoms with Gasteiger partial charge in [0.05, 0.1) is 12.5 Å². The summed E-state index contributed by atoms with van der Waals surface area (Å²) >= 11 is 0. The molecule has 0 aliphatic carbocycles. The van der Waals surface area contributed by atoms with Crippen molar-refractivity contribution in [3.63, 3.8) is 0 Å². The highest BCUT2D eigenvalue weighted by Gasteiger charge is 2.30. The second-order valence-corrected chi connectivity index (χ2v) is 6.44. The molecule has 0 saturated carbocycles. The zero-order chi connectivity index (χ0) is 17.7. The Kier molecular flexibility index (Phi) is 5.95. The van der Waals surface area contributed by atoms with Crippen LogP contribution in [0.2, 0.25) is 0 Å². The Morgan fingerprint density at radius 3 is 2.42 bits per heavy atom. The molecule has 1 aromatic carbocycles. The van der Waals surface area contributed by atoms with Gasteiger partial charge in [0.15, 0.2) is 0 Å². The summed E-state index contributed by atoms with van der Waals surface area (Å²) in [6.45, 7) is 1.10. The number of carbonyl (C=O) groups is 3. The highest BCUT2D eigenvalue weighted by atomic mass is 16.2. The average molecular weight is 331 g/mol. The Bertz CT molecular complexity index is 601. The number of hydrogen-bond acceptors (Lipinski definition) is 3. The van der Waals surface area contributed by atoms with Crippen LogP contribution in [0.25, 0.3) is 0 Å². The lowest BCUT2D eigenvalue weighted by atomic mass is 9.96. The fourth-order valence-electron chi connectivity index (χ4n) is 2.95. The van der Waals surface area contributed by atoms with Gasteiger partial charge in [-0.1, -0.05) is 18.2 Å². The van der Waals surface area contributed by atoms with E-state index in [1.54, 1.807) is 55.2 Å². The first-order chi connectivity index (χ1) is 11.4. The van der Waals surface area contributed by atoms with Crippen LogP contribution in [0.15, 0.2) is 30.3 Å². The third-order valence-electron chi connectivity index (χ3n) is 4.30. The van der Waals surface area contributed by atoms with E-state index in [1.807, 2.05) is 6.07 Å². The van der Waals surface area contributed by atoms with Crippen LogP contribution in [0.3, 0.4) is 0 Å². The average Bonchev–Trinajstić information content (AvgIpc) is 2.61. The predicted octanol–water partition coefficient (Wildman–Crippen LogP) is 1.09. The van der Waals surface area contributed by atoms with Crippen LogP contribution < -0.4 is 0 Å². The molecule has 1 aliphatic rings. The van der Waals surface area contributed by atoms with Gasteiger partial charge in [-0.3, -0.25) is 14.4 Å². The number of benzene rings is 1. The molecule has 3 amide bonds. The molecule has 0 aromatic heterocycles. The lowest BCUT2D eigenvalue weighted by molar-refractivity contribution is -0.139. The number of hydrogen-bond donors (Lipinski definition) is 0. The Hall–Kier alpha value is -2.37. The summed E-state index contributed by atoms with van der Waals surface area (Å²) in [5.41, 5.74) is 0.562. The molecule has 1 atom stereocenters. The molecule has 1 aromatic rings. The summed E-state index contributed by atoms with van der Waals surface area (Å²) in [4.78, 5) is 41.6. The van der Waals surface area contributed by atoms with Gasteiger partial charge in [-0.15, -0.1) is 0 Å². The van der Waals surface area contributed by atoms with E-state index in [4.69, 9.17) is 0 Å². The van der Waals surface area contributed by atoms with Crippen molar-refractivity contribution in [2.75, 3.05) is 40.8 Å². The summed E-state index contributed by atoms with van der Waals surface area (Å²) < 4.78 is 0. The van der Waals surface area contributed by atoms with E-state index < -0.39 is 0 Å². The minimum atomic E-state index is -0.179. The second-order valence-electron chi connectivity index (χ2n) is 6.44. The number of piperidine rings is 1. The van der Waals surface area contributed by atoms with Crippen molar-refractivity contribution in [2.45, 2.75) is 12.8 Å². The van der Waals surface area contributed by atoms with Gasteiger partial charge < -0.3 is 14.7 Å². The van der Waals surface area contributed by atoms with Crippen molar-refractivity contribution in [1.29, 1.82) is 0 Å². The van der Waals surface area contributed by atoms with Crippen molar-refractivity contribution >= 4 is 17.7 Å². The molecule has 1 heterocycles. The molecule has 1 fully saturated rings. The first kappa shape index (κ1) is 18.0. The van der Waals surface area contributed by atoms with Crippen LogP contribution in [0.1, 0.15) is 23.2 Å². The van der Waals surface area contributed by atoms with Gasteiger partial charge in [-0.2, -0.15) is 0 Å². The van der Waals surface area contributed by atoms with Crippen LogP contribution in [0.4, 0.5) is 0 Å². The van der Waals surface area contributed by atoms with Crippen molar-refractivity contribution in [3.05, 3.63) is 35.9 Å². The minimum Gasteiger partial charge on any atom is -0.349 e. The maximum atomic E-state index is 12.5. The summed E-state index contributed by atoms with van der Waals surface area (Å²) in [6.07, 6.45) is 1.62. The van der Waals surface area contributed by atoms with Crippen molar-refractivity contribution in [1.82, 2.24) is 14.7 Å². The predicted molar refractivity (Wildman–Crippen MR) is 91.4 cm³/mol. The van der Waals surface area contributed by atoms with E-state index in [0.717, 1.165) is 12.8 Å². The van der Waals surface area contributed by atoms with Crippen molar-refractivity contribution < 1.29 is 14.4 Å². The topological polar surface area (TPSA) is 60.9 Å². The molecule has 0 bridgehead atoms. The number of carbonyl (C=O) groups excluding carboxylic acids is 3. The third-order valence-corrected chi connectivity index (χ3v) is 4.30. The summed E-state index contributed by atoms with van der Waals surface area (Å²) in [7, 11) is 5.09.